The molecule has 0 amide bonds. The first-order valence-corrected chi connectivity index (χ1v) is 9.97. The number of carbonyl (C=O) groups is 1. The zero-order valence-electron chi connectivity index (χ0n) is 15.3. The van der Waals surface area contributed by atoms with Crippen molar-refractivity contribution in [3.8, 4) is 5.00 Å². The number of aromatic nitrogens is 1. The Morgan fingerprint density at radius 3 is 2.73 bits per heavy atom. The fraction of sp³-hybridized carbons (Fsp3) is 0.333. The van der Waals surface area contributed by atoms with Crippen LogP contribution in [0, 0.1) is 0 Å². The van der Waals surface area contributed by atoms with Crippen molar-refractivity contribution in [1.82, 2.24) is 4.57 Å². The van der Waals surface area contributed by atoms with Crippen molar-refractivity contribution in [2.75, 3.05) is 0 Å². The highest BCUT2D eigenvalue weighted by molar-refractivity contribution is 7.12. The molecule has 0 N–H and O–H groups in total. The van der Waals surface area contributed by atoms with E-state index in [2.05, 4.69) is 46.4 Å². The number of hydrogen-bond acceptors (Lipinski definition) is 4. The van der Waals surface area contributed by atoms with Gasteiger partial charge in [-0.3, -0.25) is 0 Å². The average molecular weight is 369 g/mol. The Kier molecular flexibility index (Phi) is 6.23. The van der Waals surface area contributed by atoms with Gasteiger partial charge in [-0.25, -0.2) is 4.79 Å². The predicted octanol–water partition coefficient (Wildman–Crippen LogP) is 5.93. The van der Waals surface area contributed by atoms with E-state index in [0.29, 0.717) is 0 Å². The number of carbonyl (C=O) groups excluding carboxylic acids is 1. The number of rotatable bonds is 8. The lowest BCUT2D eigenvalue weighted by atomic mass is 10.0. The van der Waals surface area contributed by atoms with E-state index in [1.165, 1.54) is 19.8 Å². The van der Waals surface area contributed by atoms with Crippen LogP contribution in [0.1, 0.15) is 51.5 Å². The van der Waals surface area contributed by atoms with Gasteiger partial charge in [0.25, 0.3) is 0 Å². The predicted molar refractivity (Wildman–Crippen MR) is 108 cm³/mol. The summed E-state index contributed by atoms with van der Waals surface area (Å²) in [6, 6.07) is 12.4. The Morgan fingerprint density at radius 2 is 2.00 bits per heavy atom. The molecule has 136 valence electrons. The van der Waals surface area contributed by atoms with Crippen molar-refractivity contribution in [3.05, 3.63) is 53.5 Å². The maximum absolute atomic E-state index is 11.3. The van der Waals surface area contributed by atoms with Crippen LogP contribution < -0.4 is 0 Å². The lowest BCUT2D eigenvalue weighted by molar-refractivity contribution is -0.140. The first kappa shape index (κ1) is 18.4. The van der Waals surface area contributed by atoms with Gasteiger partial charge in [-0.05, 0) is 36.4 Å². The van der Waals surface area contributed by atoms with Crippen LogP contribution in [0.25, 0.3) is 15.9 Å². The smallest absolute Gasteiger partial charge is 0.318 e. The normalized spacial score (nSPS) is 11.8. The molecule has 5 heteroatoms. The van der Waals surface area contributed by atoms with Gasteiger partial charge < -0.3 is 9.40 Å². The average Bonchev–Trinajstić information content (AvgIpc) is 3.28. The van der Waals surface area contributed by atoms with Gasteiger partial charge in [0.2, 0.25) is 0 Å². The van der Waals surface area contributed by atoms with E-state index in [9.17, 15) is 4.79 Å². The maximum Gasteiger partial charge on any atom is 0.331 e. The molecular weight excluding hydrogens is 344 g/mol. The molecule has 0 fully saturated rings. The number of hydrogen-bond donors (Lipinski definition) is 0. The molecule has 0 aliphatic carbocycles. The molecule has 2 aromatic heterocycles. The zero-order valence-corrected chi connectivity index (χ0v) is 16.1. The van der Waals surface area contributed by atoms with Crippen LogP contribution in [0.4, 0.5) is 0 Å². The van der Waals surface area contributed by atoms with Gasteiger partial charge >= 0.3 is 5.97 Å². The van der Waals surface area contributed by atoms with Crippen molar-refractivity contribution < 1.29 is 9.63 Å². The van der Waals surface area contributed by atoms with Crippen LogP contribution >= 0.6 is 11.3 Å². The molecule has 0 radical (unpaired) electrons. The van der Waals surface area contributed by atoms with Gasteiger partial charge in [-0.1, -0.05) is 49.5 Å². The molecule has 2 heterocycles. The minimum absolute atomic E-state index is 0.391. The summed E-state index contributed by atoms with van der Waals surface area (Å²) < 4.78 is 2.19. The second-order valence-electron chi connectivity index (χ2n) is 6.31. The molecule has 4 nitrogen and oxygen atoms in total. The topological polar surface area (TPSA) is 43.6 Å². The van der Waals surface area contributed by atoms with E-state index in [1.54, 1.807) is 11.3 Å². The van der Waals surface area contributed by atoms with Crippen LogP contribution in [0.3, 0.4) is 0 Å². The lowest BCUT2D eigenvalue weighted by Crippen LogP contribution is -2.04. The molecule has 0 saturated carbocycles. The molecule has 0 saturated heterocycles. The Balaban J connectivity index is 2.01. The lowest BCUT2D eigenvalue weighted by Gasteiger charge is -2.05. The molecular formula is C21H24N2O2S. The zero-order chi connectivity index (χ0) is 18.4. The fourth-order valence-corrected chi connectivity index (χ4v) is 3.79. The highest BCUT2D eigenvalue weighted by atomic mass is 32.1. The third kappa shape index (κ3) is 4.22. The summed E-state index contributed by atoms with van der Waals surface area (Å²) in [4.78, 5) is 16.3. The molecule has 3 rings (SSSR count). The largest absolute Gasteiger partial charge is 0.331 e. The Hall–Kier alpha value is -2.40. The van der Waals surface area contributed by atoms with E-state index < -0.39 is 5.97 Å². The third-order valence-electron chi connectivity index (χ3n) is 4.32. The molecule has 0 aliphatic rings. The summed E-state index contributed by atoms with van der Waals surface area (Å²) in [7, 11) is 0. The molecule has 1 aromatic carbocycles. The van der Waals surface area contributed by atoms with Gasteiger partial charge in [0.05, 0.1) is 16.2 Å². The van der Waals surface area contributed by atoms with Crippen molar-refractivity contribution in [1.29, 1.82) is 0 Å². The van der Waals surface area contributed by atoms with Gasteiger partial charge in [-0.2, -0.15) is 0 Å². The van der Waals surface area contributed by atoms with Gasteiger partial charge in [0.15, 0.2) is 0 Å². The fourth-order valence-electron chi connectivity index (χ4n) is 3.07. The van der Waals surface area contributed by atoms with Crippen LogP contribution in [-0.4, -0.2) is 16.2 Å². The summed E-state index contributed by atoms with van der Waals surface area (Å²) >= 11 is 1.70. The van der Waals surface area contributed by atoms with Gasteiger partial charge in [0.1, 0.15) is 0 Å². The third-order valence-corrected chi connectivity index (χ3v) is 5.19. The van der Waals surface area contributed by atoms with Crippen molar-refractivity contribution in [2.24, 2.45) is 5.16 Å². The van der Waals surface area contributed by atoms with E-state index in [1.807, 2.05) is 18.2 Å². The Morgan fingerprint density at radius 1 is 1.15 bits per heavy atom. The summed E-state index contributed by atoms with van der Waals surface area (Å²) in [5, 5.41) is 8.55. The molecule has 3 aromatic rings. The SMILES string of the molecule is CCCCCC/C(=N\OC(C)=O)c1cn(-c2cccs2)c2ccccc12. The van der Waals surface area contributed by atoms with Crippen molar-refractivity contribution >= 4 is 33.9 Å². The summed E-state index contributed by atoms with van der Waals surface area (Å²) in [6.45, 7) is 3.58. The summed E-state index contributed by atoms with van der Waals surface area (Å²) in [5.74, 6) is -0.391. The van der Waals surface area contributed by atoms with Crippen LogP contribution in [0.2, 0.25) is 0 Å². The minimum atomic E-state index is -0.391. The van der Waals surface area contributed by atoms with Crippen LogP contribution in [0.5, 0.6) is 0 Å². The van der Waals surface area contributed by atoms with Crippen LogP contribution in [-0.2, 0) is 9.63 Å². The standard InChI is InChI=1S/C21H24N2O2S/c1-3-4-5-6-11-19(22-25-16(2)24)18-15-23(21-13-9-14-26-21)20-12-8-7-10-17(18)20/h7-10,12-15H,3-6,11H2,1-2H3/b22-19+. The highest BCUT2D eigenvalue weighted by Crippen LogP contribution is 2.28. The van der Waals surface area contributed by atoms with Gasteiger partial charge in [-0.15, -0.1) is 11.3 Å². The number of para-hydroxylation sites is 1. The highest BCUT2D eigenvalue weighted by Gasteiger charge is 2.15. The van der Waals surface area contributed by atoms with Crippen LogP contribution in [0.15, 0.2) is 53.1 Å². The van der Waals surface area contributed by atoms with Crippen molar-refractivity contribution in [3.63, 3.8) is 0 Å². The summed E-state index contributed by atoms with van der Waals surface area (Å²) in [5.41, 5.74) is 3.00. The van der Waals surface area contributed by atoms with E-state index >= 15 is 0 Å². The second-order valence-corrected chi connectivity index (χ2v) is 7.24. The minimum Gasteiger partial charge on any atom is -0.318 e. The maximum atomic E-state index is 11.3. The first-order valence-electron chi connectivity index (χ1n) is 9.09. The Labute approximate surface area is 158 Å². The van der Waals surface area contributed by atoms with Gasteiger partial charge in [0, 0.05) is 24.1 Å². The molecule has 0 aliphatic heterocycles. The number of fused-ring (bicyclic) bond motifs is 1. The second kappa shape index (κ2) is 8.81. The molecule has 0 spiro atoms. The van der Waals surface area contributed by atoms with E-state index in [0.717, 1.165) is 46.4 Å². The quantitative estimate of drug-likeness (QED) is 0.214. The monoisotopic (exact) mass is 368 g/mol. The number of oxime groups is 1. The number of unbranched alkanes of at least 4 members (excludes halogenated alkanes) is 3. The van der Waals surface area contributed by atoms with Crippen molar-refractivity contribution in [2.45, 2.75) is 46.0 Å². The molecule has 0 bridgehead atoms. The molecule has 0 atom stereocenters. The first-order chi connectivity index (χ1) is 12.7. The Bertz CT molecular complexity index is 894. The summed E-state index contributed by atoms with van der Waals surface area (Å²) in [6.07, 6.45) is 7.49. The molecule has 0 unspecified atom stereocenters. The molecule has 26 heavy (non-hydrogen) atoms. The number of thiophene rings is 1. The van der Waals surface area contributed by atoms with E-state index in [4.69, 9.17) is 4.84 Å². The number of nitrogens with zero attached hydrogens (tertiary/aromatic N) is 2. The van der Waals surface area contributed by atoms with E-state index in [-0.39, 0.29) is 0 Å². The number of benzene rings is 1.